The minimum absolute atomic E-state index is 0.115. The number of carbonyl (C=O) groups excluding carboxylic acids is 1. The molecular formula is C15H15NO4S. The first-order valence-electron chi connectivity index (χ1n) is 6.18. The van der Waals surface area contributed by atoms with Gasteiger partial charge in [0.25, 0.3) is 0 Å². The van der Waals surface area contributed by atoms with E-state index in [2.05, 4.69) is 0 Å². The van der Waals surface area contributed by atoms with Gasteiger partial charge in [0.2, 0.25) is 10.0 Å². The number of sulfonamides is 1. The second kappa shape index (κ2) is 5.67. The van der Waals surface area contributed by atoms with Crippen molar-refractivity contribution in [2.24, 2.45) is 0 Å². The maximum absolute atomic E-state index is 12.4. The number of phenolic OH excluding ortho intramolecular Hbond substituents is 1. The number of aldehydes is 1. The third-order valence-corrected chi connectivity index (χ3v) is 4.98. The van der Waals surface area contributed by atoms with Crippen LogP contribution in [0, 0.1) is 0 Å². The molecule has 2 rings (SSSR count). The fraction of sp³-hybridized carbons (Fsp3) is 0.133. The molecule has 5 nitrogen and oxygen atoms in total. The molecule has 0 saturated heterocycles. The van der Waals surface area contributed by atoms with Gasteiger partial charge in [-0.1, -0.05) is 24.3 Å². The fourth-order valence-corrected chi connectivity index (χ4v) is 3.05. The van der Waals surface area contributed by atoms with Gasteiger partial charge in [-0.05, 0) is 23.8 Å². The molecule has 0 radical (unpaired) electrons. The van der Waals surface area contributed by atoms with Gasteiger partial charge in [0.05, 0.1) is 10.5 Å². The van der Waals surface area contributed by atoms with Crippen LogP contribution in [0.25, 0.3) is 11.1 Å². The van der Waals surface area contributed by atoms with Crippen molar-refractivity contribution in [1.82, 2.24) is 4.31 Å². The smallest absolute Gasteiger partial charge is 0.243 e. The highest BCUT2D eigenvalue weighted by atomic mass is 32.2. The number of aromatic hydroxyl groups is 1. The average molecular weight is 305 g/mol. The van der Waals surface area contributed by atoms with Gasteiger partial charge in [0, 0.05) is 19.7 Å². The molecule has 1 N–H and O–H groups in total. The molecule has 0 aromatic heterocycles. The Morgan fingerprint density at radius 2 is 1.76 bits per heavy atom. The molecule has 0 amide bonds. The molecule has 0 spiro atoms. The Morgan fingerprint density at radius 3 is 2.38 bits per heavy atom. The molecule has 0 unspecified atom stereocenters. The molecule has 0 bridgehead atoms. The Labute approximate surface area is 123 Å². The summed E-state index contributed by atoms with van der Waals surface area (Å²) in [4.78, 5) is 11.1. The Balaban J connectivity index is 2.69. The molecule has 0 aliphatic rings. The Morgan fingerprint density at radius 1 is 1.10 bits per heavy atom. The second-order valence-electron chi connectivity index (χ2n) is 4.68. The van der Waals surface area contributed by atoms with E-state index in [1.165, 1.54) is 32.3 Å². The summed E-state index contributed by atoms with van der Waals surface area (Å²) in [6, 6.07) is 10.9. The molecule has 0 aliphatic heterocycles. The number of carbonyl (C=O) groups is 1. The summed E-state index contributed by atoms with van der Waals surface area (Å²) in [7, 11) is -0.687. The van der Waals surface area contributed by atoms with E-state index in [0.29, 0.717) is 17.4 Å². The first kappa shape index (κ1) is 15.2. The van der Waals surface area contributed by atoms with E-state index in [1.807, 2.05) is 0 Å². The van der Waals surface area contributed by atoms with Gasteiger partial charge in [-0.3, -0.25) is 4.79 Å². The zero-order chi connectivity index (χ0) is 15.6. The van der Waals surface area contributed by atoms with E-state index < -0.39 is 10.0 Å². The lowest BCUT2D eigenvalue weighted by Crippen LogP contribution is -2.22. The van der Waals surface area contributed by atoms with Crippen LogP contribution in [-0.2, 0) is 10.0 Å². The molecule has 110 valence electrons. The third kappa shape index (κ3) is 2.81. The summed E-state index contributed by atoms with van der Waals surface area (Å²) in [5, 5.41) is 9.54. The SMILES string of the molecule is CN(C)S(=O)(=O)c1ccccc1-c1ccc(O)c(C=O)c1. The Kier molecular flexibility index (Phi) is 4.11. The van der Waals surface area contributed by atoms with E-state index in [1.54, 1.807) is 24.3 Å². The van der Waals surface area contributed by atoms with Crippen molar-refractivity contribution in [3.63, 3.8) is 0 Å². The number of nitrogens with zero attached hydrogens (tertiary/aromatic N) is 1. The van der Waals surface area contributed by atoms with Crippen LogP contribution in [0.5, 0.6) is 5.75 Å². The highest BCUT2D eigenvalue weighted by Gasteiger charge is 2.21. The molecule has 0 heterocycles. The number of hydrogen-bond donors (Lipinski definition) is 1. The summed E-state index contributed by atoms with van der Waals surface area (Å²) < 4.78 is 25.8. The Hall–Kier alpha value is -2.18. The van der Waals surface area contributed by atoms with Crippen molar-refractivity contribution in [2.75, 3.05) is 14.1 Å². The third-order valence-electron chi connectivity index (χ3n) is 3.11. The Bertz CT molecular complexity index is 782. The zero-order valence-corrected chi connectivity index (χ0v) is 12.5. The highest BCUT2D eigenvalue weighted by molar-refractivity contribution is 7.89. The fourth-order valence-electron chi connectivity index (χ4n) is 1.94. The van der Waals surface area contributed by atoms with Gasteiger partial charge in [-0.15, -0.1) is 0 Å². The van der Waals surface area contributed by atoms with Crippen molar-refractivity contribution in [3.8, 4) is 16.9 Å². The molecular weight excluding hydrogens is 290 g/mol. The lowest BCUT2D eigenvalue weighted by molar-refractivity contribution is 0.112. The van der Waals surface area contributed by atoms with E-state index in [0.717, 1.165) is 4.31 Å². The predicted molar refractivity (Wildman–Crippen MR) is 79.8 cm³/mol. The van der Waals surface area contributed by atoms with Gasteiger partial charge in [-0.2, -0.15) is 0 Å². The van der Waals surface area contributed by atoms with Crippen molar-refractivity contribution in [3.05, 3.63) is 48.0 Å². The van der Waals surface area contributed by atoms with Gasteiger partial charge in [0.1, 0.15) is 5.75 Å². The van der Waals surface area contributed by atoms with Crippen LogP contribution in [0.4, 0.5) is 0 Å². The number of phenols is 1. The molecule has 0 atom stereocenters. The van der Waals surface area contributed by atoms with Gasteiger partial charge in [-0.25, -0.2) is 12.7 Å². The molecule has 0 fully saturated rings. The summed E-state index contributed by atoms with van der Waals surface area (Å²) in [5.41, 5.74) is 1.15. The quantitative estimate of drug-likeness (QED) is 0.878. The normalized spacial score (nSPS) is 11.6. The summed E-state index contributed by atoms with van der Waals surface area (Å²) in [5.74, 6) is -0.137. The van der Waals surface area contributed by atoms with Crippen molar-refractivity contribution in [1.29, 1.82) is 0 Å². The van der Waals surface area contributed by atoms with Crippen LogP contribution in [0.15, 0.2) is 47.4 Å². The maximum atomic E-state index is 12.4. The van der Waals surface area contributed by atoms with E-state index in [4.69, 9.17) is 0 Å². The minimum Gasteiger partial charge on any atom is -0.507 e. The van der Waals surface area contributed by atoms with Crippen molar-refractivity contribution in [2.45, 2.75) is 4.90 Å². The number of benzene rings is 2. The highest BCUT2D eigenvalue weighted by Crippen LogP contribution is 2.31. The molecule has 0 saturated carbocycles. The van der Waals surface area contributed by atoms with Gasteiger partial charge < -0.3 is 5.11 Å². The van der Waals surface area contributed by atoms with Crippen LogP contribution in [-0.4, -0.2) is 38.2 Å². The predicted octanol–water partition coefficient (Wildman–Crippen LogP) is 2.12. The van der Waals surface area contributed by atoms with Gasteiger partial charge in [0.15, 0.2) is 6.29 Å². The summed E-state index contributed by atoms with van der Waals surface area (Å²) in [6.07, 6.45) is 0.530. The minimum atomic E-state index is -3.60. The van der Waals surface area contributed by atoms with Crippen LogP contribution in [0.1, 0.15) is 10.4 Å². The van der Waals surface area contributed by atoms with E-state index in [-0.39, 0.29) is 16.2 Å². The second-order valence-corrected chi connectivity index (χ2v) is 6.80. The summed E-state index contributed by atoms with van der Waals surface area (Å²) >= 11 is 0. The average Bonchev–Trinajstić information content (AvgIpc) is 2.47. The van der Waals surface area contributed by atoms with E-state index in [9.17, 15) is 18.3 Å². The maximum Gasteiger partial charge on any atom is 0.243 e. The lowest BCUT2D eigenvalue weighted by Gasteiger charge is -2.15. The number of hydrogen-bond acceptors (Lipinski definition) is 4. The van der Waals surface area contributed by atoms with E-state index >= 15 is 0 Å². The molecule has 0 aliphatic carbocycles. The molecule has 6 heteroatoms. The van der Waals surface area contributed by atoms with Crippen LogP contribution >= 0.6 is 0 Å². The van der Waals surface area contributed by atoms with Crippen LogP contribution in [0.3, 0.4) is 0 Å². The number of rotatable bonds is 4. The first-order chi connectivity index (χ1) is 9.87. The van der Waals surface area contributed by atoms with Crippen LogP contribution in [0.2, 0.25) is 0 Å². The van der Waals surface area contributed by atoms with Crippen molar-refractivity contribution >= 4 is 16.3 Å². The molecule has 2 aromatic carbocycles. The zero-order valence-electron chi connectivity index (χ0n) is 11.6. The van der Waals surface area contributed by atoms with Gasteiger partial charge >= 0.3 is 0 Å². The molecule has 21 heavy (non-hydrogen) atoms. The largest absolute Gasteiger partial charge is 0.507 e. The standard InChI is InChI=1S/C15H15NO4S/c1-16(2)21(19,20)15-6-4-3-5-13(15)11-7-8-14(18)12(9-11)10-17/h3-10,18H,1-2H3. The molecule has 2 aromatic rings. The monoisotopic (exact) mass is 305 g/mol. The lowest BCUT2D eigenvalue weighted by atomic mass is 10.0. The van der Waals surface area contributed by atoms with Crippen molar-refractivity contribution < 1.29 is 18.3 Å². The topological polar surface area (TPSA) is 74.7 Å². The first-order valence-corrected chi connectivity index (χ1v) is 7.62. The van der Waals surface area contributed by atoms with Crippen LogP contribution < -0.4 is 0 Å². The summed E-state index contributed by atoms with van der Waals surface area (Å²) in [6.45, 7) is 0.